The Labute approximate surface area is 216 Å². The van der Waals surface area contributed by atoms with Crippen molar-refractivity contribution in [3.63, 3.8) is 0 Å². The molecule has 0 aromatic rings. The monoisotopic (exact) mass is 531 g/mol. The molecule has 1 aliphatic carbocycles. The summed E-state index contributed by atoms with van der Waals surface area (Å²) in [5.74, 6) is -1.86. The Morgan fingerprint density at radius 3 is 1.83 bits per heavy atom. The summed E-state index contributed by atoms with van der Waals surface area (Å²) in [7, 11) is -2.43. The molecular weight excluding hydrogens is 483 g/mol. The molecule has 10 nitrogen and oxygen atoms in total. The van der Waals surface area contributed by atoms with E-state index in [1.54, 1.807) is 27.7 Å². The maximum Gasteiger partial charge on any atom is 0.509 e. The van der Waals surface area contributed by atoms with Crippen LogP contribution in [0.3, 0.4) is 0 Å². The summed E-state index contributed by atoms with van der Waals surface area (Å²) in [5.41, 5.74) is 5.41. The van der Waals surface area contributed by atoms with Gasteiger partial charge in [-0.15, -0.1) is 0 Å². The SMILES string of the molecule is CC(C)[C@H](N)C(=O)N[C@H](C(=O)N[C@H](C(=O)NC[C@H](O)CC(C1CCCCC1)[P+](=O)O)C(C)C)C(C)C. The van der Waals surface area contributed by atoms with Crippen molar-refractivity contribution in [2.75, 3.05) is 6.54 Å². The van der Waals surface area contributed by atoms with Gasteiger partial charge in [-0.2, -0.15) is 4.89 Å². The Morgan fingerprint density at radius 2 is 1.36 bits per heavy atom. The average molecular weight is 532 g/mol. The van der Waals surface area contributed by atoms with Crippen LogP contribution in [0, 0.1) is 23.7 Å². The molecule has 1 rings (SSSR count). The summed E-state index contributed by atoms with van der Waals surface area (Å²) in [4.78, 5) is 48.1. The molecule has 7 N–H and O–H groups in total. The molecule has 0 saturated heterocycles. The van der Waals surface area contributed by atoms with Crippen LogP contribution in [0.15, 0.2) is 0 Å². The highest BCUT2D eigenvalue weighted by atomic mass is 31.1. The number of aliphatic hydroxyl groups is 1. The van der Waals surface area contributed by atoms with Gasteiger partial charge in [-0.05, 0) is 35.2 Å². The lowest BCUT2D eigenvalue weighted by Gasteiger charge is -2.28. The van der Waals surface area contributed by atoms with Crippen LogP contribution in [0.1, 0.15) is 80.1 Å². The summed E-state index contributed by atoms with van der Waals surface area (Å²) < 4.78 is 11.9. The summed E-state index contributed by atoms with van der Waals surface area (Å²) >= 11 is 0. The second-order valence-corrected chi connectivity index (χ2v) is 12.4. The van der Waals surface area contributed by atoms with Crippen LogP contribution in [0.5, 0.6) is 0 Å². The van der Waals surface area contributed by atoms with E-state index in [1.165, 1.54) is 0 Å². The number of nitrogens with two attached hydrogens (primary N) is 1. The van der Waals surface area contributed by atoms with Crippen LogP contribution in [0.25, 0.3) is 0 Å². The normalized spacial score (nSPS) is 19.4. The van der Waals surface area contributed by atoms with Crippen molar-refractivity contribution in [3.05, 3.63) is 0 Å². The quantitative estimate of drug-likeness (QED) is 0.186. The Morgan fingerprint density at radius 1 is 0.861 bits per heavy atom. The summed E-state index contributed by atoms with van der Waals surface area (Å²) in [5, 5.41) is 18.6. The molecule has 0 aromatic carbocycles. The second kappa shape index (κ2) is 15.6. The standard InChI is InChI=1S/C25H47N4O6P/c1-14(2)20(26)23(31)28-22(16(5)6)25(33)29-21(15(3)4)24(32)27-13-18(30)12-19(36(34)35)17-10-8-7-9-11-17/h14-22,30H,7-13,26H2,1-6H3,(H3-,27,28,29,31,32,33,34,35)/p+1/t18-,19?,20+,21+,22+/m1/s1. The zero-order valence-corrected chi connectivity index (χ0v) is 23.6. The van der Waals surface area contributed by atoms with E-state index in [4.69, 9.17) is 5.73 Å². The highest BCUT2D eigenvalue weighted by molar-refractivity contribution is 7.38. The Balaban J connectivity index is 2.75. The van der Waals surface area contributed by atoms with E-state index in [0.717, 1.165) is 32.1 Å². The van der Waals surface area contributed by atoms with Crippen molar-refractivity contribution in [3.8, 4) is 0 Å². The Hall–Kier alpha value is -1.61. The number of amides is 3. The van der Waals surface area contributed by atoms with E-state index in [9.17, 15) is 28.9 Å². The first kappa shape index (κ1) is 32.4. The molecule has 208 valence electrons. The van der Waals surface area contributed by atoms with Gasteiger partial charge in [0, 0.05) is 18.9 Å². The smallest absolute Gasteiger partial charge is 0.391 e. The fourth-order valence-corrected chi connectivity index (χ4v) is 5.62. The topological polar surface area (TPSA) is 171 Å². The van der Waals surface area contributed by atoms with Gasteiger partial charge in [0.05, 0.1) is 12.1 Å². The lowest BCUT2D eigenvalue weighted by atomic mass is 9.85. The molecule has 2 unspecified atom stereocenters. The van der Waals surface area contributed by atoms with Crippen LogP contribution in [-0.4, -0.2) is 64.2 Å². The minimum Gasteiger partial charge on any atom is -0.391 e. The van der Waals surface area contributed by atoms with Crippen molar-refractivity contribution >= 4 is 25.7 Å². The third kappa shape index (κ3) is 10.4. The number of nitrogens with one attached hydrogen (secondary N) is 3. The molecule has 6 atom stereocenters. The van der Waals surface area contributed by atoms with E-state index in [0.29, 0.717) is 0 Å². The van der Waals surface area contributed by atoms with Gasteiger partial charge in [0.25, 0.3) is 0 Å². The highest BCUT2D eigenvalue weighted by Gasteiger charge is 2.39. The molecule has 11 heteroatoms. The highest BCUT2D eigenvalue weighted by Crippen LogP contribution is 2.40. The predicted molar refractivity (Wildman–Crippen MR) is 140 cm³/mol. The van der Waals surface area contributed by atoms with Gasteiger partial charge < -0.3 is 26.8 Å². The lowest BCUT2D eigenvalue weighted by Crippen LogP contribution is -2.59. The van der Waals surface area contributed by atoms with Gasteiger partial charge in [0.1, 0.15) is 12.1 Å². The molecule has 36 heavy (non-hydrogen) atoms. The number of carbonyl (C=O) groups excluding carboxylic acids is 3. The fraction of sp³-hybridized carbons (Fsp3) is 0.880. The van der Waals surface area contributed by atoms with Gasteiger partial charge in [-0.1, -0.05) is 60.8 Å². The minimum absolute atomic E-state index is 0.0854. The zero-order chi connectivity index (χ0) is 27.6. The maximum absolute atomic E-state index is 13.0. The third-order valence-electron chi connectivity index (χ3n) is 7.02. The molecular formula is C25H48N4O6P+. The minimum atomic E-state index is -2.43. The number of hydrogen-bond donors (Lipinski definition) is 6. The van der Waals surface area contributed by atoms with Gasteiger partial charge in [0.15, 0.2) is 5.66 Å². The summed E-state index contributed by atoms with van der Waals surface area (Å²) in [6.45, 7) is 10.7. The van der Waals surface area contributed by atoms with E-state index in [2.05, 4.69) is 16.0 Å². The third-order valence-corrected chi connectivity index (χ3v) is 8.22. The van der Waals surface area contributed by atoms with Crippen molar-refractivity contribution in [1.29, 1.82) is 0 Å². The van der Waals surface area contributed by atoms with Gasteiger partial charge >= 0.3 is 8.03 Å². The molecule has 3 amide bonds. The fourth-order valence-electron chi connectivity index (χ4n) is 4.54. The molecule has 0 spiro atoms. The Kier molecular flexibility index (Phi) is 14.0. The number of aliphatic hydroxyl groups excluding tert-OH is 1. The predicted octanol–water partition coefficient (Wildman–Crippen LogP) is 1.80. The van der Waals surface area contributed by atoms with Crippen LogP contribution in [0.4, 0.5) is 0 Å². The van der Waals surface area contributed by atoms with Crippen LogP contribution in [-0.2, 0) is 18.9 Å². The van der Waals surface area contributed by atoms with Gasteiger partial charge in [-0.3, -0.25) is 14.4 Å². The van der Waals surface area contributed by atoms with Crippen LogP contribution >= 0.6 is 8.03 Å². The zero-order valence-electron chi connectivity index (χ0n) is 22.7. The molecule has 0 radical (unpaired) electrons. The number of hydrogen-bond acceptors (Lipinski definition) is 6. The van der Waals surface area contributed by atoms with Gasteiger partial charge in [-0.25, -0.2) is 0 Å². The van der Waals surface area contributed by atoms with E-state index in [-0.39, 0.29) is 36.6 Å². The first-order valence-corrected chi connectivity index (χ1v) is 14.5. The maximum atomic E-state index is 13.0. The first-order valence-electron chi connectivity index (χ1n) is 13.2. The molecule has 0 bridgehead atoms. The van der Waals surface area contributed by atoms with Crippen molar-refractivity contribution < 1.29 is 28.9 Å². The van der Waals surface area contributed by atoms with Crippen LogP contribution < -0.4 is 21.7 Å². The van der Waals surface area contributed by atoms with Crippen LogP contribution in [0.2, 0.25) is 0 Å². The first-order chi connectivity index (χ1) is 16.8. The molecule has 0 heterocycles. The van der Waals surface area contributed by atoms with E-state index >= 15 is 0 Å². The van der Waals surface area contributed by atoms with Gasteiger partial charge in [0.2, 0.25) is 17.7 Å². The molecule has 1 saturated carbocycles. The summed E-state index contributed by atoms with van der Waals surface area (Å²) in [6.07, 6.45) is 4.08. The molecule has 1 aliphatic rings. The molecule has 0 aliphatic heterocycles. The second-order valence-electron chi connectivity index (χ2n) is 11.1. The number of carbonyl (C=O) groups is 3. The largest absolute Gasteiger partial charge is 0.509 e. The number of rotatable bonds is 14. The molecule has 1 fully saturated rings. The summed E-state index contributed by atoms with van der Waals surface area (Å²) in [6, 6.07) is -2.50. The Bertz CT molecular complexity index is 742. The van der Waals surface area contributed by atoms with Crippen molar-refractivity contribution in [1.82, 2.24) is 16.0 Å². The average Bonchev–Trinajstić information content (AvgIpc) is 2.81. The van der Waals surface area contributed by atoms with E-state index < -0.39 is 55.6 Å². The lowest BCUT2D eigenvalue weighted by molar-refractivity contribution is -0.134. The van der Waals surface area contributed by atoms with E-state index in [1.807, 2.05) is 13.8 Å². The van der Waals surface area contributed by atoms with Crippen molar-refractivity contribution in [2.45, 2.75) is 110 Å². The van der Waals surface area contributed by atoms with Crippen molar-refractivity contribution in [2.24, 2.45) is 29.4 Å². The molecule has 0 aromatic heterocycles.